The fraction of sp³-hybridized carbons (Fsp3) is 0.476. The van der Waals surface area contributed by atoms with Gasteiger partial charge in [-0.05, 0) is 66.1 Å². The van der Waals surface area contributed by atoms with Gasteiger partial charge in [0.25, 0.3) is 8.32 Å². The molecule has 2 fully saturated rings. The van der Waals surface area contributed by atoms with E-state index in [1.807, 2.05) is 18.2 Å². The Hall–Kier alpha value is -3.56. The topological polar surface area (TPSA) is 80.3 Å². The molecule has 5 atom stereocenters. The largest absolute Gasteiger partial charge is 0.469 e. The highest BCUT2D eigenvalue weighted by Crippen LogP contribution is 2.43. The number of hydrogen-bond acceptors (Lipinski definition) is 7. The number of carbonyl (C=O) groups excluding carboxylic acids is 2. The lowest BCUT2D eigenvalue weighted by Gasteiger charge is -2.44. The fourth-order valence-corrected chi connectivity index (χ4v) is 12.2. The summed E-state index contributed by atoms with van der Waals surface area (Å²) in [5, 5.41) is 2.25. The molecule has 1 unspecified atom stereocenters. The van der Waals surface area contributed by atoms with Crippen molar-refractivity contribution in [1.29, 1.82) is 0 Å². The van der Waals surface area contributed by atoms with Crippen LogP contribution in [0.4, 0.5) is 0 Å². The summed E-state index contributed by atoms with van der Waals surface area (Å²) in [7, 11) is -1.44. The van der Waals surface area contributed by atoms with Crippen molar-refractivity contribution < 1.29 is 33.0 Å². The minimum absolute atomic E-state index is 0.0497. The zero-order valence-corrected chi connectivity index (χ0v) is 31.1. The molecule has 0 radical (unpaired) electrons. The van der Waals surface area contributed by atoms with Gasteiger partial charge in [-0.3, -0.25) is 4.79 Å². The van der Waals surface area contributed by atoms with Crippen LogP contribution in [-0.4, -0.2) is 59.1 Å². The van der Waals surface area contributed by atoms with E-state index >= 15 is 0 Å². The Balaban J connectivity index is 1.48. The van der Waals surface area contributed by atoms with E-state index < -0.39 is 8.32 Å². The van der Waals surface area contributed by atoms with Crippen molar-refractivity contribution in [1.82, 2.24) is 0 Å². The van der Waals surface area contributed by atoms with Crippen LogP contribution in [0.1, 0.15) is 82.5 Å². The SMILES string of the molecule is COC(=O)CCC/C=C\C[C@H]1[C@H](CO[Si](c2ccccc2)(c2ccccc2)C(C)(C)C)[C@@H](OC2CCCCO2)C[C@H]1OC(=O)c1ccccc1. The Kier molecular flexibility index (Phi) is 13.6. The van der Waals surface area contributed by atoms with Crippen LogP contribution in [-0.2, 0) is 28.2 Å². The van der Waals surface area contributed by atoms with E-state index in [9.17, 15) is 9.59 Å². The van der Waals surface area contributed by atoms with Crippen LogP contribution in [0, 0.1) is 11.8 Å². The summed E-state index contributed by atoms with van der Waals surface area (Å²) in [6.07, 6.45) is 9.45. The van der Waals surface area contributed by atoms with Crippen LogP contribution in [0.25, 0.3) is 0 Å². The first kappa shape index (κ1) is 37.7. The van der Waals surface area contributed by atoms with E-state index in [1.54, 1.807) is 12.1 Å². The second kappa shape index (κ2) is 18.1. The molecule has 0 bridgehead atoms. The molecule has 1 aliphatic carbocycles. The maximum atomic E-state index is 13.5. The van der Waals surface area contributed by atoms with E-state index in [0.29, 0.717) is 44.5 Å². The monoisotopic (exact) mass is 698 g/mol. The van der Waals surface area contributed by atoms with E-state index in [4.69, 9.17) is 23.4 Å². The quantitative estimate of drug-likeness (QED) is 0.0699. The number of methoxy groups -OCH3 is 1. The van der Waals surface area contributed by atoms with Gasteiger partial charge < -0.3 is 23.4 Å². The van der Waals surface area contributed by atoms with Crippen LogP contribution < -0.4 is 10.4 Å². The maximum Gasteiger partial charge on any atom is 0.338 e. The lowest BCUT2D eigenvalue weighted by atomic mass is 9.90. The number of allylic oxidation sites excluding steroid dienone is 2. The summed E-state index contributed by atoms with van der Waals surface area (Å²) in [5.41, 5.74) is 0.532. The first-order valence-corrected chi connectivity index (χ1v) is 20.1. The molecule has 50 heavy (non-hydrogen) atoms. The second-order valence-electron chi connectivity index (χ2n) is 14.5. The molecule has 1 aliphatic heterocycles. The Morgan fingerprint density at radius 2 is 1.48 bits per heavy atom. The highest BCUT2D eigenvalue weighted by Gasteiger charge is 2.53. The average molecular weight is 699 g/mol. The lowest BCUT2D eigenvalue weighted by molar-refractivity contribution is -0.197. The van der Waals surface area contributed by atoms with Crippen molar-refractivity contribution in [3.63, 3.8) is 0 Å². The van der Waals surface area contributed by atoms with Crippen molar-refractivity contribution >= 4 is 30.6 Å². The third kappa shape index (κ3) is 9.40. The van der Waals surface area contributed by atoms with Gasteiger partial charge in [0.1, 0.15) is 6.10 Å². The summed E-state index contributed by atoms with van der Waals surface area (Å²) in [6.45, 7) is 8.00. The number of rotatable bonds is 15. The molecule has 3 aromatic carbocycles. The molecule has 7 nitrogen and oxygen atoms in total. The summed E-state index contributed by atoms with van der Waals surface area (Å²) in [6, 6.07) is 30.5. The zero-order valence-electron chi connectivity index (χ0n) is 30.1. The molecule has 1 saturated carbocycles. The van der Waals surface area contributed by atoms with Crippen LogP contribution >= 0.6 is 0 Å². The Morgan fingerprint density at radius 1 is 0.840 bits per heavy atom. The van der Waals surface area contributed by atoms with Gasteiger partial charge in [-0.25, -0.2) is 4.79 Å². The molecular formula is C42H54O7Si. The molecule has 5 rings (SSSR count). The summed E-state index contributed by atoms with van der Waals surface area (Å²) >= 11 is 0. The molecule has 0 amide bonds. The predicted molar refractivity (Wildman–Crippen MR) is 199 cm³/mol. The Morgan fingerprint density at radius 3 is 2.06 bits per heavy atom. The van der Waals surface area contributed by atoms with Gasteiger partial charge in [-0.2, -0.15) is 0 Å². The van der Waals surface area contributed by atoms with Crippen LogP contribution in [0.15, 0.2) is 103 Å². The van der Waals surface area contributed by atoms with Gasteiger partial charge in [-0.1, -0.05) is 112 Å². The number of hydrogen-bond donors (Lipinski definition) is 0. The normalized spacial score (nSPS) is 22.8. The molecule has 2 aliphatic rings. The predicted octanol–water partition coefficient (Wildman–Crippen LogP) is 7.63. The van der Waals surface area contributed by atoms with Crippen molar-refractivity contribution in [3.05, 3.63) is 109 Å². The molecule has 8 heteroatoms. The number of ether oxygens (including phenoxy) is 4. The number of benzene rings is 3. The summed E-state index contributed by atoms with van der Waals surface area (Å²) < 4.78 is 31.6. The average Bonchev–Trinajstić information content (AvgIpc) is 3.45. The molecule has 1 saturated heterocycles. The smallest absolute Gasteiger partial charge is 0.338 e. The third-order valence-electron chi connectivity index (χ3n) is 10.2. The third-order valence-corrected chi connectivity index (χ3v) is 15.2. The fourth-order valence-electron chi connectivity index (χ4n) is 7.59. The van der Waals surface area contributed by atoms with Gasteiger partial charge in [0.05, 0.1) is 18.8 Å². The van der Waals surface area contributed by atoms with Crippen LogP contribution in [0.5, 0.6) is 0 Å². The standard InChI is InChI=1S/C42H54O7Si/c1-42(2,3)50(33-22-12-8-13-23-33,34-24-14-9-15-25-34)47-31-36-35(26-16-5-6-17-27-39(43)45-4)37(49-41(44)32-20-10-7-11-21-32)30-38(36)48-40-28-18-19-29-46-40/h5,7-16,20-25,35-38,40H,6,17-19,26-31H2,1-4H3/b16-5-/t35-,36-,37+,38-,40?/m0/s1. The molecule has 0 aromatic heterocycles. The van der Waals surface area contributed by atoms with E-state index in [1.165, 1.54) is 17.5 Å². The van der Waals surface area contributed by atoms with E-state index in [0.717, 1.165) is 25.7 Å². The van der Waals surface area contributed by atoms with Crippen molar-refractivity contribution in [3.8, 4) is 0 Å². The van der Waals surface area contributed by atoms with Crippen molar-refractivity contribution in [2.75, 3.05) is 20.3 Å². The van der Waals surface area contributed by atoms with Gasteiger partial charge in [-0.15, -0.1) is 0 Å². The molecule has 0 spiro atoms. The first-order chi connectivity index (χ1) is 24.2. The molecule has 3 aromatic rings. The Bertz CT molecular complexity index is 1460. The first-order valence-electron chi connectivity index (χ1n) is 18.2. The van der Waals surface area contributed by atoms with E-state index in [2.05, 4.69) is 93.6 Å². The maximum absolute atomic E-state index is 13.5. The molecule has 268 valence electrons. The van der Waals surface area contributed by atoms with Crippen molar-refractivity contribution in [2.24, 2.45) is 11.8 Å². The molecular weight excluding hydrogens is 645 g/mol. The number of unbranched alkanes of at least 4 members (excludes halogenated alkanes) is 1. The van der Waals surface area contributed by atoms with Crippen LogP contribution in [0.2, 0.25) is 5.04 Å². The van der Waals surface area contributed by atoms with Gasteiger partial charge >= 0.3 is 11.9 Å². The minimum atomic E-state index is -2.85. The van der Waals surface area contributed by atoms with Gasteiger partial charge in [0.15, 0.2) is 6.29 Å². The minimum Gasteiger partial charge on any atom is -0.469 e. The second-order valence-corrected chi connectivity index (χ2v) is 18.8. The van der Waals surface area contributed by atoms with Crippen molar-refractivity contribution in [2.45, 2.75) is 95.7 Å². The molecule has 1 heterocycles. The number of esters is 2. The number of carbonyl (C=O) groups is 2. The zero-order chi connectivity index (χ0) is 35.4. The highest BCUT2D eigenvalue weighted by atomic mass is 28.4. The summed E-state index contributed by atoms with van der Waals surface area (Å²) in [5.74, 6) is -0.641. The summed E-state index contributed by atoms with van der Waals surface area (Å²) in [4.78, 5) is 25.2. The van der Waals surface area contributed by atoms with Crippen LogP contribution in [0.3, 0.4) is 0 Å². The van der Waals surface area contributed by atoms with Gasteiger partial charge in [0.2, 0.25) is 0 Å². The molecule has 0 N–H and O–H groups in total. The highest BCUT2D eigenvalue weighted by molar-refractivity contribution is 6.99. The Labute approximate surface area is 299 Å². The lowest BCUT2D eigenvalue weighted by Crippen LogP contribution is -2.67. The van der Waals surface area contributed by atoms with E-state index in [-0.39, 0.29) is 47.3 Å². The van der Waals surface area contributed by atoms with Gasteiger partial charge in [0, 0.05) is 37.9 Å².